The first kappa shape index (κ1) is 15.5. The molecule has 1 N–H and O–H groups in total. The van der Waals surface area contributed by atoms with Crippen molar-refractivity contribution in [2.24, 2.45) is 0 Å². The van der Waals surface area contributed by atoms with E-state index in [0.717, 1.165) is 12.1 Å². The summed E-state index contributed by atoms with van der Waals surface area (Å²) in [6, 6.07) is 11.0. The summed E-state index contributed by atoms with van der Waals surface area (Å²) < 4.78 is 31.8. The van der Waals surface area contributed by atoms with Gasteiger partial charge in [0.05, 0.1) is 5.69 Å². The van der Waals surface area contributed by atoms with Crippen molar-refractivity contribution in [2.75, 3.05) is 0 Å². The Morgan fingerprint density at radius 1 is 1.04 bits per heavy atom. The van der Waals surface area contributed by atoms with Crippen LogP contribution in [-0.4, -0.2) is 21.0 Å². The van der Waals surface area contributed by atoms with Gasteiger partial charge in [0.1, 0.15) is 11.6 Å². The molecule has 0 aliphatic rings. The minimum absolute atomic E-state index is 0.0978. The molecule has 0 aliphatic heterocycles. The van der Waals surface area contributed by atoms with E-state index in [1.807, 2.05) is 0 Å². The van der Waals surface area contributed by atoms with E-state index in [1.54, 1.807) is 30.3 Å². The Kier molecular flexibility index (Phi) is 4.15. The van der Waals surface area contributed by atoms with Crippen molar-refractivity contribution in [3.63, 3.8) is 0 Å². The summed E-state index contributed by atoms with van der Waals surface area (Å²) in [5.74, 6) is -2.77. The Hall–Kier alpha value is -3.35. The molecule has 24 heavy (non-hydrogen) atoms. The zero-order valence-electron chi connectivity index (χ0n) is 12.1. The van der Waals surface area contributed by atoms with E-state index in [-0.39, 0.29) is 11.6 Å². The van der Waals surface area contributed by atoms with Gasteiger partial charge in [0.15, 0.2) is 11.6 Å². The highest BCUT2D eigenvalue weighted by atomic mass is 19.1. The molecule has 0 atom stereocenters. The van der Waals surface area contributed by atoms with E-state index in [0.29, 0.717) is 17.0 Å². The number of carbonyl (C=O) groups is 1. The lowest BCUT2D eigenvalue weighted by Gasteiger charge is -2.08. The van der Waals surface area contributed by atoms with Crippen LogP contribution in [0.25, 0.3) is 11.3 Å². The van der Waals surface area contributed by atoms with Crippen LogP contribution >= 0.6 is 0 Å². The highest BCUT2D eigenvalue weighted by molar-refractivity contribution is 5.83. The number of aromatic carboxylic acids is 1. The third-order valence-electron chi connectivity index (χ3n) is 3.12. The van der Waals surface area contributed by atoms with Crippen LogP contribution in [0.1, 0.15) is 10.6 Å². The second-order valence-corrected chi connectivity index (χ2v) is 4.77. The quantitative estimate of drug-likeness (QED) is 0.786. The molecule has 0 aliphatic carbocycles. The number of hydrogen-bond acceptors (Lipinski definition) is 4. The topological polar surface area (TPSA) is 72.3 Å². The van der Waals surface area contributed by atoms with E-state index in [1.165, 1.54) is 12.3 Å². The number of aromatic nitrogens is 2. The molecule has 0 amide bonds. The number of ether oxygens (including phenoxy) is 1. The van der Waals surface area contributed by atoms with Crippen LogP contribution in [0, 0.1) is 11.6 Å². The minimum Gasteiger partial charge on any atom is -0.475 e. The first-order valence-corrected chi connectivity index (χ1v) is 6.82. The Labute approximate surface area is 135 Å². The van der Waals surface area contributed by atoms with Crippen molar-refractivity contribution in [1.82, 2.24) is 9.97 Å². The smallest absolute Gasteiger partial charge is 0.373 e. The summed E-state index contributed by atoms with van der Waals surface area (Å²) in [5.41, 5.74) is 1.08. The molecule has 2 aromatic carbocycles. The first-order valence-electron chi connectivity index (χ1n) is 6.82. The minimum atomic E-state index is -1.22. The summed E-state index contributed by atoms with van der Waals surface area (Å²) in [4.78, 5) is 18.5. The summed E-state index contributed by atoms with van der Waals surface area (Å²) in [5, 5.41) is 8.90. The van der Waals surface area contributed by atoms with Gasteiger partial charge in [0.2, 0.25) is 5.82 Å². The summed E-state index contributed by atoms with van der Waals surface area (Å²) in [7, 11) is 0. The number of carboxylic acids is 1. The summed E-state index contributed by atoms with van der Waals surface area (Å²) in [6.07, 6.45) is 1.35. The fourth-order valence-electron chi connectivity index (χ4n) is 2.00. The van der Waals surface area contributed by atoms with Crippen LogP contribution in [0.15, 0.2) is 54.7 Å². The number of halogens is 2. The molecule has 0 unspecified atom stereocenters. The molecular formula is C17H10F2N2O3. The predicted molar refractivity (Wildman–Crippen MR) is 80.9 cm³/mol. The lowest BCUT2D eigenvalue weighted by atomic mass is 10.1. The van der Waals surface area contributed by atoms with Crippen LogP contribution in [0.5, 0.6) is 11.5 Å². The van der Waals surface area contributed by atoms with Gasteiger partial charge >= 0.3 is 5.97 Å². The standard InChI is InChI=1S/C17H10F2N2O3/c18-11-3-6-15(13(19)9-11)24-12-4-1-10(2-5-12)14-7-8-20-16(21-14)17(22)23/h1-9H,(H,22,23). The average Bonchev–Trinajstić information content (AvgIpc) is 2.58. The van der Waals surface area contributed by atoms with Crippen molar-refractivity contribution in [1.29, 1.82) is 0 Å². The Balaban J connectivity index is 1.83. The summed E-state index contributed by atoms with van der Waals surface area (Å²) >= 11 is 0. The summed E-state index contributed by atoms with van der Waals surface area (Å²) in [6.45, 7) is 0. The third-order valence-corrected chi connectivity index (χ3v) is 3.12. The maximum Gasteiger partial charge on any atom is 0.373 e. The monoisotopic (exact) mass is 328 g/mol. The Morgan fingerprint density at radius 2 is 1.79 bits per heavy atom. The van der Waals surface area contributed by atoms with E-state index in [4.69, 9.17) is 9.84 Å². The first-order chi connectivity index (χ1) is 11.5. The van der Waals surface area contributed by atoms with Gasteiger partial charge < -0.3 is 9.84 Å². The molecule has 120 valence electrons. The molecule has 0 bridgehead atoms. The molecule has 1 heterocycles. The van der Waals surface area contributed by atoms with Crippen LogP contribution in [0.3, 0.4) is 0 Å². The molecule has 1 aromatic heterocycles. The zero-order valence-corrected chi connectivity index (χ0v) is 12.1. The highest BCUT2D eigenvalue weighted by Gasteiger charge is 2.09. The van der Waals surface area contributed by atoms with Gasteiger partial charge in [-0.25, -0.2) is 23.5 Å². The maximum absolute atomic E-state index is 13.6. The highest BCUT2D eigenvalue weighted by Crippen LogP contribution is 2.27. The lowest BCUT2D eigenvalue weighted by molar-refractivity contribution is 0.0683. The molecule has 0 saturated heterocycles. The van der Waals surface area contributed by atoms with E-state index in [2.05, 4.69) is 9.97 Å². The molecule has 0 saturated carbocycles. The van der Waals surface area contributed by atoms with Crippen molar-refractivity contribution in [2.45, 2.75) is 0 Å². The van der Waals surface area contributed by atoms with Crippen LogP contribution in [0.2, 0.25) is 0 Å². The van der Waals surface area contributed by atoms with Crippen LogP contribution in [-0.2, 0) is 0 Å². The van der Waals surface area contributed by atoms with Crippen LogP contribution in [0.4, 0.5) is 8.78 Å². The number of rotatable bonds is 4. The van der Waals surface area contributed by atoms with Crippen molar-refractivity contribution >= 4 is 5.97 Å². The zero-order chi connectivity index (χ0) is 17.1. The van der Waals surface area contributed by atoms with E-state index in [9.17, 15) is 13.6 Å². The second-order valence-electron chi connectivity index (χ2n) is 4.77. The van der Waals surface area contributed by atoms with Gasteiger partial charge in [-0.1, -0.05) is 0 Å². The molecule has 5 nitrogen and oxygen atoms in total. The third kappa shape index (κ3) is 3.35. The number of hydrogen-bond donors (Lipinski definition) is 1. The van der Waals surface area contributed by atoms with E-state index < -0.39 is 17.6 Å². The molecule has 0 fully saturated rings. The molecule has 3 rings (SSSR count). The molecular weight excluding hydrogens is 318 g/mol. The normalized spacial score (nSPS) is 10.4. The SMILES string of the molecule is O=C(O)c1nccc(-c2ccc(Oc3ccc(F)cc3F)cc2)n1. The number of carboxylic acid groups (broad SMARTS) is 1. The maximum atomic E-state index is 13.6. The van der Waals surface area contributed by atoms with Gasteiger partial charge in [-0.05, 0) is 42.5 Å². The Morgan fingerprint density at radius 3 is 2.46 bits per heavy atom. The van der Waals surface area contributed by atoms with Gasteiger partial charge in [-0.2, -0.15) is 0 Å². The van der Waals surface area contributed by atoms with Gasteiger partial charge in [0, 0.05) is 17.8 Å². The van der Waals surface area contributed by atoms with Gasteiger partial charge in [-0.15, -0.1) is 0 Å². The van der Waals surface area contributed by atoms with Crippen molar-refractivity contribution in [3.05, 3.63) is 72.2 Å². The number of benzene rings is 2. The number of nitrogens with zero attached hydrogens (tertiary/aromatic N) is 2. The largest absolute Gasteiger partial charge is 0.475 e. The fraction of sp³-hybridized carbons (Fsp3) is 0. The van der Waals surface area contributed by atoms with Gasteiger partial charge in [0.25, 0.3) is 0 Å². The fourth-order valence-corrected chi connectivity index (χ4v) is 2.00. The van der Waals surface area contributed by atoms with Gasteiger partial charge in [-0.3, -0.25) is 0 Å². The lowest BCUT2D eigenvalue weighted by Crippen LogP contribution is -2.04. The molecule has 3 aromatic rings. The van der Waals surface area contributed by atoms with E-state index >= 15 is 0 Å². The predicted octanol–water partition coefficient (Wildman–Crippen LogP) is 3.91. The van der Waals surface area contributed by atoms with Crippen LogP contribution < -0.4 is 4.74 Å². The molecule has 0 radical (unpaired) electrons. The molecule has 7 heteroatoms. The average molecular weight is 328 g/mol. The molecule has 0 spiro atoms. The second kappa shape index (κ2) is 6.41. The van der Waals surface area contributed by atoms with Crippen molar-refractivity contribution < 1.29 is 23.4 Å². The Bertz CT molecular complexity index is 899. The van der Waals surface area contributed by atoms with Crippen molar-refractivity contribution in [3.8, 4) is 22.8 Å².